The van der Waals surface area contributed by atoms with Crippen LogP contribution in [0.2, 0.25) is 0 Å². The van der Waals surface area contributed by atoms with Crippen LogP contribution >= 0.6 is 0 Å². The van der Waals surface area contributed by atoms with Crippen LogP contribution in [0, 0.1) is 0 Å². The molecule has 0 aromatic heterocycles. The first-order chi connectivity index (χ1) is 12.6. The molecule has 0 unspecified atom stereocenters. The zero-order valence-corrected chi connectivity index (χ0v) is 15.6. The van der Waals surface area contributed by atoms with Gasteiger partial charge in [-0.05, 0) is 29.8 Å². The zero-order valence-electron chi connectivity index (χ0n) is 14.8. The van der Waals surface area contributed by atoms with Gasteiger partial charge in [-0.3, -0.25) is 4.90 Å². The number of nitrogens with zero attached hydrogens (tertiary/aromatic N) is 1. The third-order valence-electron chi connectivity index (χ3n) is 4.41. The molecule has 0 spiro atoms. The highest BCUT2D eigenvalue weighted by atomic mass is 32.2. The van der Waals surface area contributed by atoms with Gasteiger partial charge in [-0.15, -0.1) is 0 Å². The predicted octanol–water partition coefficient (Wildman–Crippen LogP) is 2.05. The van der Waals surface area contributed by atoms with Crippen molar-refractivity contribution in [1.29, 1.82) is 0 Å². The third kappa shape index (κ3) is 4.82. The molecule has 0 aliphatic carbocycles. The second kappa shape index (κ2) is 8.64. The number of hydrogen-bond donors (Lipinski definition) is 1. The normalized spacial score (nSPS) is 17.0. The topological polar surface area (TPSA) is 67.9 Å². The summed E-state index contributed by atoms with van der Waals surface area (Å²) in [7, 11) is -2.10. The van der Waals surface area contributed by atoms with Crippen molar-refractivity contribution in [2.24, 2.45) is 0 Å². The molecule has 0 bridgehead atoms. The number of hydrogen-bond acceptors (Lipinski definition) is 5. The molecule has 1 N–H and O–H groups in total. The van der Waals surface area contributed by atoms with E-state index in [-0.39, 0.29) is 10.9 Å². The smallest absolute Gasteiger partial charge is 0.241 e. The first-order valence-electron chi connectivity index (χ1n) is 8.60. The van der Waals surface area contributed by atoms with Crippen molar-refractivity contribution in [3.8, 4) is 5.75 Å². The lowest BCUT2D eigenvalue weighted by molar-refractivity contribution is 0.0345. The van der Waals surface area contributed by atoms with E-state index in [0.29, 0.717) is 25.5 Å². The van der Waals surface area contributed by atoms with Gasteiger partial charge in [0.2, 0.25) is 10.0 Å². The van der Waals surface area contributed by atoms with E-state index < -0.39 is 10.0 Å². The van der Waals surface area contributed by atoms with Gasteiger partial charge < -0.3 is 9.47 Å². The van der Waals surface area contributed by atoms with Crippen LogP contribution in [0.5, 0.6) is 5.75 Å². The van der Waals surface area contributed by atoms with Crippen molar-refractivity contribution in [2.45, 2.75) is 10.9 Å². The maximum atomic E-state index is 12.9. The average molecular weight is 376 g/mol. The summed E-state index contributed by atoms with van der Waals surface area (Å²) in [6, 6.07) is 15.7. The predicted molar refractivity (Wildman–Crippen MR) is 99.8 cm³/mol. The van der Waals surface area contributed by atoms with Crippen molar-refractivity contribution in [3.05, 3.63) is 60.2 Å². The van der Waals surface area contributed by atoms with Gasteiger partial charge in [0.05, 0.1) is 31.3 Å². The van der Waals surface area contributed by atoms with E-state index in [0.717, 1.165) is 18.7 Å². The Balaban J connectivity index is 1.81. The molecule has 26 heavy (non-hydrogen) atoms. The van der Waals surface area contributed by atoms with Crippen molar-refractivity contribution in [2.75, 3.05) is 40.0 Å². The molecule has 0 amide bonds. The summed E-state index contributed by atoms with van der Waals surface area (Å²) in [5, 5.41) is 0. The van der Waals surface area contributed by atoms with Gasteiger partial charge in [-0.1, -0.05) is 30.3 Å². The molecule has 1 atom stereocenters. The molecule has 2 aromatic carbocycles. The lowest BCUT2D eigenvalue weighted by Crippen LogP contribution is -2.43. The van der Waals surface area contributed by atoms with Crippen LogP contribution < -0.4 is 9.46 Å². The largest absolute Gasteiger partial charge is 0.497 e. The molecule has 2 aromatic rings. The van der Waals surface area contributed by atoms with E-state index in [9.17, 15) is 8.42 Å². The fourth-order valence-corrected chi connectivity index (χ4v) is 4.16. The fourth-order valence-electron chi connectivity index (χ4n) is 2.95. The molecule has 1 heterocycles. The lowest BCUT2D eigenvalue weighted by atomic mass is 10.1. The quantitative estimate of drug-likeness (QED) is 0.801. The van der Waals surface area contributed by atoms with E-state index in [1.54, 1.807) is 31.4 Å². The van der Waals surface area contributed by atoms with Gasteiger partial charge in [0.25, 0.3) is 0 Å². The van der Waals surface area contributed by atoms with E-state index >= 15 is 0 Å². The first kappa shape index (κ1) is 18.8. The number of benzene rings is 2. The van der Waals surface area contributed by atoms with Crippen LogP contribution in [0.25, 0.3) is 0 Å². The summed E-state index contributed by atoms with van der Waals surface area (Å²) in [6.45, 7) is 3.55. The van der Waals surface area contributed by atoms with Crippen LogP contribution in [-0.4, -0.2) is 53.3 Å². The Morgan fingerprint density at radius 1 is 1.08 bits per heavy atom. The Labute approximate surface area is 154 Å². The van der Waals surface area contributed by atoms with Gasteiger partial charge in [-0.25, -0.2) is 13.1 Å². The molecule has 1 aliphatic rings. The van der Waals surface area contributed by atoms with Crippen LogP contribution in [0.15, 0.2) is 59.5 Å². The summed E-state index contributed by atoms with van der Waals surface area (Å²) in [6.07, 6.45) is 0. The Morgan fingerprint density at radius 2 is 1.73 bits per heavy atom. The van der Waals surface area contributed by atoms with E-state index in [2.05, 4.69) is 9.62 Å². The summed E-state index contributed by atoms with van der Waals surface area (Å²) >= 11 is 0. The lowest BCUT2D eigenvalue weighted by Gasteiger charge is -2.31. The number of nitrogens with one attached hydrogen (secondary N) is 1. The first-order valence-corrected chi connectivity index (χ1v) is 10.1. The Bertz CT molecular complexity index is 788. The summed E-state index contributed by atoms with van der Waals surface area (Å²) in [5.41, 5.74) is 0.941. The summed E-state index contributed by atoms with van der Waals surface area (Å²) in [5.74, 6) is 0.622. The number of methoxy groups -OCH3 is 1. The van der Waals surface area contributed by atoms with Crippen molar-refractivity contribution in [1.82, 2.24) is 9.62 Å². The number of ether oxygens (including phenoxy) is 2. The molecule has 1 saturated heterocycles. The molecular formula is C19H24N2O4S. The van der Waals surface area contributed by atoms with Crippen molar-refractivity contribution in [3.63, 3.8) is 0 Å². The Kier molecular flexibility index (Phi) is 6.26. The van der Waals surface area contributed by atoms with Crippen LogP contribution in [-0.2, 0) is 14.8 Å². The average Bonchev–Trinajstić information content (AvgIpc) is 2.69. The number of morpholine rings is 1. The maximum Gasteiger partial charge on any atom is 0.241 e. The number of sulfonamides is 1. The molecule has 140 valence electrons. The van der Waals surface area contributed by atoms with E-state index in [1.807, 2.05) is 30.3 Å². The van der Waals surface area contributed by atoms with E-state index in [1.165, 1.54) is 0 Å². The molecular weight excluding hydrogens is 352 g/mol. The maximum absolute atomic E-state index is 12.9. The van der Waals surface area contributed by atoms with Crippen molar-refractivity contribution < 1.29 is 17.9 Å². The van der Waals surface area contributed by atoms with Gasteiger partial charge in [0.15, 0.2) is 0 Å². The molecule has 3 rings (SSSR count). The van der Waals surface area contributed by atoms with Gasteiger partial charge in [0, 0.05) is 19.6 Å². The Morgan fingerprint density at radius 3 is 2.35 bits per heavy atom. The van der Waals surface area contributed by atoms with Gasteiger partial charge >= 0.3 is 0 Å². The summed E-state index contributed by atoms with van der Waals surface area (Å²) < 4.78 is 39.1. The highest BCUT2D eigenvalue weighted by Gasteiger charge is 2.24. The van der Waals surface area contributed by atoms with Crippen molar-refractivity contribution >= 4 is 10.0 Å². The Hall–Kier alpha value is -1.93. The SMILES string of the molecule is COc1ccc(S(=O)(=O)N[C@H](CN2CCOCC2)c2ccccc2)cc1. The molecule has 0 radical (unpaired) electrons. The molecule has 7 heteroatoms. The highest BCUT2D eigenvalue weighted by Crippen LogP contribution is 2.21. The second-order valence-electron chi connectivity index (χ2n) is 6.17. The van der Waals surface area contributed by atoms with Crippen LogP contribution in [0.1, 0.15) is 11.6 Å². The molecule has 1 fully saturated rings. The molecule has 0 saturated carbocycles. The fraction of sp³-hybridized carbons (Fsp3) is 0.368. The second-order valence-corrected chi connectivity index (χ2v) is 7.89. The van der Waals surface area contributed by atoms with E-state index in [4.69, 9.17) is 9.47 Å². The van der Waals surface area contributed by atoms with Gasteiger partial charge in [0.1, 0.15) is 5.75 Å². The number of rotatable bonds is 7. The third-order valence-corrected chi connectivity index (χ3v) is 5.90. The standard InChI is InChI=1S/C19H24N2O4S/c1-24-17-7-9-18(10-8-17)26(22,23)20-19(16-5-3-2-4-6-16)15-21-11-13-25-14-12-21/h2-10,19-20H,11-15H2,1H3/t19-/m1/s1. The summed E-state index contributed by atoms with van der Waals surface area (Å²) in [4.78, 5) is 2.44. The zero-order chi connectivity index (χ0) is 18.4. The minimum atomic E-state index is -3.65. The van der Waals surface area contributed by atoms with Crippen LogP contribution in [0.3, 0.4) is 0 Å². The molecule has 6 nitrogen and oxygen atoms in total. The minimum Gasteiger partial charge on any atom is -0.497 e. The van der Waals surface area contributed by atoms with Crippen LogP contribution in [0.4, 0.5) is 0 Å². The highest BCUT2D eigenvalue weighted by molar-refractivity contribution is 7.89. The minimum absolute atomic E-state index is 0.223. The molecule has 1 aliphatic heterocycles. The van der Waals surface area contributed by atoms with Gasteiger partial charge in [-0.2, -0.15) is 0 Å². The monoisotopic (exact) mass is 376 g/mol.